The lowest BCUT2D eigenvalue weighted by Gasteiger charge is -1.97. The van der Waals surface area contributed by atoms with Crippen LogP contribution in [0, 0.1) is 5.82 Å². The van der Waals surface area contributed by atoms with Gasteiger partial charge in [0.15, 0.2) is 5.78 Å². The Hall–Kier alpha value is -1.48. The van der Waals surface area contributed by atoms with Gasteiger partial charge >= 0.3 is 0 Å². The summed E-state index contributed by atoms with van der Waals surface area (Å²) in [4.78, 5) is 13.0. The van der Waals surface area contributed by atoms with Gasteiger partial charge in [0.1, 0.15) is 5.82 Å². The number of hydrogen-bond donors (Lipinski definition) is 0. The molecule has 3 heteroatoms. The molecule has 0 radical (unpaired) electrons. The van der Waals surface area contributed by atoms with Crippen molar-refractivity contribution in [1.82, 2.24) is 0 Å². The summed E-state index contributed by atoms with van der Waals surface area (Å²) >= 11 is 1.50. The fourth-order valence-electron chi connectivity index (χ4n) is 1.47. The highest BCUT2D eigenvalue weighted by atomic mass is 32.1. The van der Waals surface area contributed by atoms with Crippen LogP contribution in [0.15, 0.2) is 36.4 Å². The van der Waals surface area contributed by atoms with Gasteiger partial charge in [-0.2, -0.15) is 0 Å². The maximum absolute atomic E-state index is 12.7. The number of carbonyl (C=O) groups is 1. The highest BCUT2D eigenvalue weighted by molar-refractivity contribution is 7.14. The smallest absolute Gasteiger partial charge is 0.169 e. The van der Waals surface area contributed by atoms with E-state index in [4.69, 9.17) is 0 Å². The molecule has 1 heterocycles. The number of ketones is 1. The molecule has 0 unspecified atom stereocenters. The normalized spacial score (nSPS) is 10.4. The third kappa shape index (κ3) is 2.55. The average Bonchev–Trinajstić information content (AvgIpc) is 2.70. The standard InChI is InChI=1S/C13H11FOS/c1-9(15)13-7-6-12(16-13)8-10-2-4-11(14)5-3-10/h2-7H,8H2,1H3. The van der Waals surface area contributed by atoms with Crippen LogP contribution in [0.2, 0.25) is 0 Å². The summed E-state index contributed by atoms with van der Waals surface area (Å²) in [5, 5.41) is 0. The SMILES string of the molecule is CC(=O)c1ccc(Cc2ccc(F)cc2)s1. The summed E-state index contributed by atoms with van der Waals surface area (Å²) in [5.41, 5.74) is 1.05. The third-order valence-corrected chi connectivity index (χ3v) is 3.49. The second-order valence-electron chi connectivity index (χ2n) is 3.63. The van der Waals surface area contributed by atoms with E-state index in [1.807, 2.05) is 12.1 Å². The van der Waals surface area contributed by atoms with E-state index in [0.717, 1.165) is 21.7 Å². The van der Waals surface area contributed by atoms with Crippen molar-refractivity contribution in [2.45, 2.75) is 13.3 Å². The number of rotatable bonds is 3. The summed E-state index contributed by atoms with van der Waals surface area (Å²) in [7, 11) is 0. The molecule has 0 spiro atoms. The molecule has 0 aliphatic heterocycles. The molecule has 0 fully saturated rings. The highest BCUT2D eigenvalue weighted by Gasteiger charge is 2.04. The van der Waals surface area contributed by atoms with E-state index >= 15 is 0 Å². The Kier molecular flexibility index (Phi) is 3.15. The number of Topliss-reactive ketones (excluding diaryl/α,β-unsaturated/α-hetero) is 1. The molecular formula is C13H11FOS. The first kappa shape index (κ1) is 11.0. The van der Waals surface area contributed by atoms with E-state index in [2.05, 4.69) is 0 Å². The topological polar surface area (TPSA) is 17.1 Å². The van der Waals surface area contributed by atoms with E-state index < -0.39 is 0 Å². The summed E-state index contributed by atoms with van der Waals surface area (Å²) in [6, 6.07) is 10.2. The lowest BCUT2D eigenvalue weighted by molar-refractivity contribution is 0.102. The minimum atomic E-state index is -0.223. The molecule has 16 heavy (non-hydrogen) atoms. The van der Waals surface area contributed by atoms with E-state index in [9.17, 15) is 9.18 Å². The Morgan fingerprint density at radius 2 is 1.88 bits per heavy atom. The lowest BCUT2D eigenvalue weighted by atomic mass is 10.1. The van der Waals surface area contributed by atoms with Gasteiger partial charge in [-0.15, -0.1) is 11.3 Å². The minimum Gasteiger partial charge on any atom is -0.294 e. The summed E-state index contributed by atoms with van der Waals surface area (Å²) < 4.78 is 12.7. The van der Waals surface area contributed by atoms with Crippen molar-refractivity contribution in [3.63, 3.8) is 0 Å². The second kappa shape index (κ2) is 4.58. The molecule has 0 atom stereocenters. The average molecular weight is 234 g/mol. The van der Waals surface area contributed by atoms with Crippen molar-refractivity contribution < 1.29 is 9.18 Å². The van der Waals surface area contributed by atoms with Crippen LogP contribution in [0.25, 0.3) is 0 Å². The van der Waals surface area contributed by atoms with Gasteiger partial charge in [-0.05, 0) is 36.8 Å². The summed E-state index contributed by atoms with van der Waals surface area (Å²) in [5.74, 6) is -0.130. The fourth-order valence-corrected chi connectivity index (χ4v) is 2.40. The van der Waals surface area contributed by atoms with E-state index in [0.29, 0.717) is 0 Å². The molecule has 1 aromatic carbocycles. The van der Waals surface area contributed by atoms with Gasteiger partial charge in [0.2, 0.25) is 0 Å². The lowest BCUT2D eigenvalue weighted by Crippen LogP contribution is -1.85. The molecule has 0 N–H and O–H groups in total. The van der Waals surface area contributed by atoms with Crippen LogP contribution in [-0.4, -0.2) is 5.78 Å². The van der Waals surface area contributed by atoms with Gasteiger partial charge in [-0.25, -0.2) is 4.39 Å². The van der Waals surface area contributed by atoms with Crippen molar-refractivity contribution in [2.75, 3.05) is 0 Å². The first-order chi connectivity index (χ1) is 7.65. The molecule has 82 valence electrons. The zero-order valence-electron chi connectivity index (χ0n) is 8.87. The Balaban J connectivity index is 2.14. The number of benzene rings is 1. The largest absolute Gasteiger partial charge is 0.294 e. The number of hydrogen-bond acceptors (Lipinski definition) is 2. The molecule has 0 aliphatic rings. The molecule has 1 nitrogen and oxygen atoms in total. The van der Waals surface area contributed by atoms with Gasteiger partial charge < -0.3 is 0 Å². The monoisotopic (exact) mass is 234 g/mol. The Morgan fingerprint density at radius 1 is 1.19 bits per heavy atom. The van der Waals surface area contributed by atoms with Crippen molar-refractivity contribution in [2.24, 2.45) is 0 Å². The molecule has 0 bridgehead atoms. The second-order valence-corrected chi connectivity index (χ2v) is 4.79. The van der Waals surface area contributed by atoms with Gasteiger partial charge in [-0.3, -0.25) is 4.79 Å². The molecule has 0 amide bonds. The maximum Gasteiger partial charge on any atom is 0.169 e. The van der Waals surface area contributed by atoms with Crippen molar-refractivity contribution in [1.29, 1.82) is 0 Å². The molecule has 0 aliphatic carbocycles. The zero-order valence-corrected chi connectivity index (χ0v) is 9.68. The molecule has 2 aromatic rings. The van der Waals surface area contributed by atoms with Crippen LogP contribution < -0.4 is 0 Å². The van der Waals surface area contributed by atoms with E-state index in [1.54, 1.807) is 19.1 Å². The van der Waals surface area contributed by atoms with E-state index in [1.165, 1.54) is 23.5 Å². The van der Waals surface area contributed by atoms with Crippen LogP contribution in [0.1, 0.15) is 27.0 Å². The number of carbonyl (C=O) groups excluding carboxylic acids is 1. The van der Waals surface area contributed by atoms with Gasteiger partial charge in [0.25, 0.3) is 0 Å². The van der Waals surface area contributed by atoms with Crippen LogP contribution in [0.5, 0.6) is 0 Å². The Labute approximate surface area is 97.6 Å². The maximum atomic E-state index is 12.7. The molecule has 2 rings (SSSR count). The fraction of sp³-hybridized carbons (Fsp3) is 0.154. The predicted octanol–water partition coefficient (Wildman–Crippen LogP) is 3.68. The van der Waals surface area contributed by atoms with Crippen LogP contribution in [-0.2, 0) is 6.42 Å². The molecule has 0 saturated carbocycles. The van der Waals surface area contributed by atoms with Crippen LogP contribution in [0.3, 0.4) is 0 Å². The van der Waals surface area contributed by atoms with Gasteiger partial charge in [-0.1, -0.05) is 12.1 Å². The Bertz CT molecular complexity index is 499. The van der Waals surface area contributed by atoms with Gasteiger partial charge in [0, 0.05) is 11.3 Å². The van der Waals surface area contributed by atoms with Crippen LogP contribution >= 0.6 is 11.3 Å². The number of halogens is 1. The quantitative estimate of drug-likeness (QED) is 0.740. The van der Waals surface area contributed by atoms with E-state index in [-0.39, 0.29) is 11.6 Å². The third-order valence-electron chi connectivity index (χ3n) is 2.30. The predicted molar refractivity (Wildman–Crippen MR) is 63.5 cm³/mol. The molecular weight excluding hydrogens is 223 g/mol. The highest BCUT2D eigenvalue weighted by Crippen LogP contribution is 2.20. The first-order valence-corrected chi connectivity index (χ1v) is 5.81. The van der Waals surface area contributed by atoms with Gasteiger partial charge in [0.05, 0.1) is 4.88 Å². The summed E-state index contributed by atoms with van der Waals surface area (Å²) in [6.45, 7) is 1.56. The Morgan fingerprint density at radius 3 is 2.44 bits per heavy atom. The van der Waals surface area contributed by atoms with Crippen molar-refractivity contribution in [3.05, 3.63) is 57.5 Å². The number of thiophene rings is 1. The molecule has 0 saturated heterocycles. The zero-order chi connectivity index (χ0) is 11.5. The first-order valence-electron chi connectivity index (χ1n) is 4.99. The van der Waals surface area contributed by atoms with Crippen molar-refractivity contribution in [3.8, 4) is 0 Å². The minimum absolute atomic E-state index is 0.0929. The van der Waals surface area contributed by atoms with Crippen molar-refractivity contribution >= 4 is 17.1 Å². The van der Waals surface area contributed by atoms with Crippen LogP contribution in [0.4, 0.5) is 4.39 Å². The summed E-state index contributed by atoms with van der Waals surface area (Å²) in [6.07, 6.45) is 0.748. The molecule has 1 aromatic heterocycles.